The highest BCUT2D eigenvalue weighted by molar-refractivity contribution is 7.89. The number of rotatable bonds is 9. The van der Waals surface area contributed by atoms with E-state index in [1.54, 1.807) is 11.4 Å². The van der Waals surface area contributed by atoms with Crippen molar-refractivity contribution in [2.45, 2.75) is 45.1 Å². The minimum Gasteiger partial charge on any atom is -0.383 e. The van der Waals surface area contributed by atoms with Crippen LogP contribution >= 0.6 is 0 Å². The molecule has 0 amide bonds. The van der Waals surface area contributed by atoms with Gasteiger partial charge in [0.2, 0.25) is 10.0 Å². The van der Waals surface area contributed by atoms with Crippen LogP contribution in [0, 0.1) is 0 Å². The predicted molar refractivity (Wildman–Crippen MR) is 77.8 cm³/mol. The molecule has 5 nitrogen and oxygen atoms in total. The van der Waals surface area contributed by atoms with Gasteiger partial charge in [0.05, 0.1) is 12.4 Å². The molecule has 0 radical (unpaired) electrons. The average molecular weight is 292 g/mol. The van der Waals surface area contributed by atoms with E-state index >= 15 is 0 Å². The van der Waals surface area contributed by atoms with Gasteiger partial charge in [-0.05, 0) is 19.3 Å². The largest absolute Gasteiger partial charge is 0.383 e. The van der Waals surface area contributed by atoms with Crippen molar-refractivity contribution in [2.75, 3.05) is 39.1 Å². The molecule has 1 saturated heterocycles. The van der Waals surface area contributed by atoms with E-state index in [9.17, 15) is 8.42 Å². The fourth-order valence-electron chi connectivity index (χ4n) is 2.43. The van der Waals surface area contributed by atoms with Crippen molar-refractivity contribution in [1.29, 1.82) is 0 Å². The van der Waals surface area contributed by atoms with E-state index in [-0.39, 0.29) is 11.8 Å². The maximum absolute atomic E-state index is 12.3. The van der Waals surface area contributed by atoms with E-state index < -0.39 is 10.0 Å². The molecule has 1 atom stereocenters. The molecule has 0 spiro atoms. The van der Waals surface area contributed by atoms with Crippen molar-refractivity contribution in [3.63, 3.8) is 0 Å². The number of piperidine rings is 1. The van der Waals surface area contributed by atoms with Gasteiger partial charge in [0.25, 0.3) is 0 Å². The van der Waals surface area contributed by atoms with Crippen LogP contribution in [0.25, 0.3) is 0 Å². The van der Waals surface area contributed by atoms with E-state index in [0.717, 1.165) is 45.2 Å². The number of nitrogens with zero attached hydrogens (tertiary/aromatic N) is 1. The summed E-state index contributed by atoms with van der Waals surface area (Å²) in [6.07, 6.45) is 4.74. The summed E-state index contributed by atoms with van der Waals surface area (Å²) in [6, 6.07) is 0.118. The molecule has 6 heteroatoms. The summed E-state index contributed by atoms with van der Waals surface area (Å²) in [4.78, 5) is 0. The molecule has 1 rings (SSSR count). The van der Waals surface area contributed by atoms with Crippen LogP contribution in [0.1, 0.15) is 39.0 Å². The molecule has 1 N–H and O–H groups in total. The van der Waals surface area contributed by atoms with Crippen LogP contribution < -0.4 is 5.32 Å². The van der Waals surface area contributed by atoms with E-state index in [4.69, 9.17) is 4.74 Å². The van der Waals surface area contributed by atoms with Gasteiger partial charge in [-0.2, -0.15) is 4.31 Å². The molecule has 0 aromatic carbocycles. The first-order chi connectivity index (χ1) is 9.11. The summed E-state index contributed by atoms with van der Waals surface area (Å²) in [5, 5.41) is 3.28. The minimum atomic E-state index is -3.08. The maximum atomic E-state index is 12.3. The Balaban J connectivity index is 2.51. The van der Waals surface area contributed by atoms with Crippen molar-refractivity contribution in [2.24, 2.45) is 0 Å². The number of unbranched alkanes of at least 4 members (excludes halogenated alkanes) is 1. The van der Waals surface area contributed by atoms with E-state index in [1.807, 2.05) is 6.92 Å². The second-order valence-electron chi connectivity index (χ2n) is 5.13. The number of hydrogen-bond acceptors (Lipinski definition) is 4. The lowest BCUT2D eigenvalue weighted by Crippen LogP contribution is -2.49. The molecule has 1 aliphatic rings. The average Bonchev–Trinajstić information content (AvgIpc) is 2.42. The number of sulfonamides is 1. The molecular formula is C13H28N2O3S. The smallest absolute Gasteiger partial charge is 0.214 e. The fourth-order valence-corrected chi connectivity index (χ4v) is 4.36. The van der Waals surface area contributed by atoms with Crippen molar-refractivity contribution in [3.8, 4) is 0 Å². The summed E-state index contributed by atoms with van der Waals surface area (Å²) in [5.41, 5.74) is 0. The third-order valence-corrected chi connectivity index (χ3v) is 5.55. The predicted octanol–water partition coefficient (Wildman–Crippen LogP) is 1.21. The first kappa shape index (κ1) is 16.9. The summed E-state index contributed by atoms with van der Waals surface area (Å²) < 4.78 is 31.3. The summed E-state index contributed by atoms with van der Waals surface area (Å²) in [6.45, 7) is 4.87. The lowest BCUT2D eigenvalue weighted by molar-refractivity contribution is 0.191. The molecule has 0 saturated carbocycles. The Kier molecular flexibility index (Phi) is 7.90. The van der Waals surface area contributed by atoms with Gasteiger partial charge in [-0.1, -0.05) is 19.8 Å². The van der Waals surface area contributed by atoms with E-state index in [0.29, 0.717) is 13.2 Å². The summed E-state index contributed by atoms with van der Waals surface area (Å²) in [7, 11) is -1.40. The maximum Gasteiger partial charge on any atom is 0.214 e. The Bertz CT molecular complexity index is 333. The molecule has 1 heterocycles. The van der Waals surface area contributed by atoms with Crippen LogP contribution in [0.3, 0.4) is 0 Å². The molecule has 1 unspecified atom stereocenters. The zero-order chi connectivity index (χ0) is 14.1. The van der Waals surface area contributed by atoms with Gasteiger partial charge in [0.15, 0.2) is 0 Å². The molecule has 0 aromatic rings. The van der Waals surface area contributed by atoms with Crippen LogP contribution in [0.15, 0.2) is 0 Å². The van der Waals surface area contributed by atoms with Crippen LogP contribution in [-0.2, 0) is 14.8 Å². The van der Waals surface area contributed by atoms with E-state index in [1.165, 1.54) is 0 Å². The Hall–Kier alpha value is -0.170. The summed E-state index contributed by atoms with van der Waals surface area (Å²) >= 11 is 0. The van der Waals surface area contributed by atoms with Gasteiger partial charge >= 0.3 is 0 Å². The van der Waals surface area contributed by atoms with Gasteiger partial charge in [0, 0.05) is 32.8 Å². The molecule has 0 aromatic heterocycles. The zero-order valence-electron chi connectivity index (χ0n) is 12.2. The van der Waals surface area contributed by atoms with Gasteiger partial charge < -0.3 is 10.1 Å². The lowest BCUT2D eigenvalue weighted by atomic mass is 10.1. The highest BCUT2D eigenvalue weighted by atomic mass is 32.2. The van der Waals surface area contributed by atoms with Gasteiger partial charge in [-0.15, -0.1) is 0 Å². The third kappa shape index (κ3) is 5.77. The number of nitrogens with one attached hydrogen (secondary N) is 1. The van der Waals surface area contributed by atoms with Crippen LogP contribution in [-0.4, -0.2) is 57.9 Å². The number of methoxy groups -OCH3 is 1. The van der Waals surface area contributed by atoms with Crippen LogP contribution in [0.4, 0.5) is 0 Å². The highest BCUT2D eigenvalue weighted by Gasteiger charge is 2.31. The zero-order valence-corrected chi connectivity index (χ0v) is 13.0. The second kappa shape index (κ2) is 8.89. The standard InChI is InChI=1S/C13H28N2O3S/c1-3-4-11-19(16,17)15-9-6-5-7-13(15)12-14-8-10-18-2/h13-14H,3-12H2,1-2H3. The number of ether oxygens (including phenoxy) is 1. The second-order valence-corrected chi connectivity index (χ2v) is 7.17. The van der Waals surface area contributed by atoms with Gasteiger partial charge in [-0.3, -0.25) is 0 Å². The molecule has 114 valence electrons. The molecular weight excluding hydrogens is 264 g/mol. The van der Waals surface area contributed by atoms with Crippen molar-refractivity contribution < 1.29 is 13.2 Å². The summed E-state index contributed by atoms with van der Waals surface area (Å²) in [5.74, 6) is 0.290. The highest BCUT2D eigenvalue weighted by Crippen LogP contribution is 2.21. The lowest BCUT2D eigenvalue weighted by Gasteiger charge is -2.35. The van der Waals surface area contributed by atoms with Crippen LogP contribution in [0.2, 0.25) is 0 Å². The molecule has 1 aliphatic heterocycles. The Labute approximate surface area is 117 Å². The molecule has 19 heavy (non-hydrogen) atoms. The van der Waals surface area contributed by atoms with Gasteiger partial charge in [-0.25, -0.2) is 8.42 Å². The molecule has 1 fully saturated rings. The topological polar surface area (TPSA) is 58.6 Å². The van der Waals surface area contributed by atoms with Gasteiger partial charge in [0.1, 0.15) is 0 Å². The number of hydrogen-bond donors (Lipinski definition) is 1. The minimum absolute atomic E-state index is 0.118. The quantitative estimate of drug-likeness (QED) is 0.649. The normalized spacial score (nSPS) is 21.7. The van der Waals surface area contributed by atoms with Crippen molar-refractivity contribution in [3.05, 3.63) is 0 Å². The molecule has 0 bridgehead atoms. The first-order valence-corrected chi connectivity index (χ1v) is 8.92. The van der Waals surface area contributed by atoms with Crippen molar-refractivity contribution >= 4 is 10.0 Å². The molecule has 0 aliphatic carbocycles. The monoisotopic (exact) mass is 292 g/mol. The Morgan fingerprint density at radius 2 is 2.16 bits per heavy atom. The SMILES string of the molecule is CCCCS(=O)(=O)N1CCCCC1CNCCOC. The van der Waals surface area contributed by atoms with E-state index in [2.05, 4.69) is 5.32 Å². The first-order valence-electron chi connectivity index (χ1n) is 7.31. The van der Waals surface area contributed by atoms with Crippen LogP contribution in [0.5, 0.6) is 0 Å². The Morgan fingerprint density at radius 1 is 1.37 bits per heavy atom. The fraction of sp³-hybridized carbons (Fsp3) is 1.00. The third-order valence-electron chi connectivity index (χ3n) is 3.55. The Morgan fingerprint density at radius 3 is 2.84 bits per heavy atom. The van der Waals surface area contributed by atoms with Crippen molar-refractivity contribution in [1.82, 2.24) is 9.62 Å².